The first-order chi connectivity index (χ1) is 14.5. The summed E-state index contributed by atoms with van der Waals surface area (Å²) in [5.41, 5.74) is -0.770. The number of benzene rings is 1. The van der Waals surface area contributed by atoms with Crippen molar-refractivity contribution in [1.82, 2.24) is 14.7 Å². The van der Waals surface area contributed by atoms with E-state index in [1.165, 1.54) is 24.3 Å². The zero-order chi connectivity index (χ0) is 22.8. The highest BCUT2D eigenvalue weighted by Gasteiger charge is 2.38. The number of hydrogen-bond acceptors (Lipinski definition) is 7. The Labute approximate surface area is 177 Å². The van der Waals surface area contributed by atoms with Gasteiger partial charge < -0.3 is 15.2 Å². The molecule has 0 bridgehead atoms. The number of nitrogens with zero attached hydrogens (tertiary/aromatic N) is 2. The quantitative estimate of drug-likeness (QED) is 0.581. The van der Waals surface area contributed by atoms with Crippen LogP contribution in [-0.4, -0.2) is 41.7 Å². The van der Waals surface area contributed by atoms with Crippen LogP contribution in [0.4, 0.5) is 24.8 Å². The first-order valence-electron chi connectivity index (χ1n) is 9.64. The van der Waals surface area contributed by atoms with Crippen LogP contribution in [0.1, 0.15) is 38.7 Å². The normalized spacial score (nSPS) is 19.6. The Morgan fingerprint density at radius 1 is 1.19 bits per heavy atom. The van der Waals surface area contributed by atoms with E-state index in [9.17, 15) is 26.7 Å². The minimum atomic E-state index is -4.73. The number of alkyl halides is 3. The van der Waals surface area contributed by atoms with Crippen molar-refractivity contribution in [1.29, 1.82) is 0 Å². The molecule has 1 fully saturated rings. The average molecular weight is 460 g/mol. The zero-order valence-electron chi connectivity index (χ0n) is 16.8. The molecule has 0 saturated heterocycles. The Bertz CT molecular complexity index is 1010. The second-order valence-corrected chi connectivity index (χ2v) is 9.20. The minimum absolute atomic E-state index is 0.0410. The molecule has 2 atom stereocenters. The third kappa shape index (κ3) is 5.83. The number of aliphatic hydroxyl groups excluding tert-OH is 1. The highest BCUT2D eigenvalue weighted by molar-refractivity contribution is 7.89. The predicted octanol–water partition coefficient (Wildman–Crippen LogP) is 3.22. The lowest BCUT2D eigenvalue weighted by molar-refractivity contribution is -0.140. The second kappa shape index (κ2) is 8.97. The Balaban J connectivity index is 1.82. The summed E-state index contributed by atoms with van der Waals surface area (Å²) in [5.74, 6) is -0.831. The Morgan fingerprint density at radius 2 is 1.87 bits per heavy atom. The standard InChI is InChI=1S/C19H23F3N4O4S/c1-11(2)26-31(28,29)13-8-6-12(7-9-13)24-18-23-10-14(19(20,21)22)17(25-18)30-16-5-3-4-15(16)27/h6-11,15-16,26-27H,3-5H2,1-2H3,(H,23,24,25)/t15-,16+/m1/s1. The number of halogens is 3. The lowest BCUT2D eigenvalue weighted by Gasteiger charge is -2.20. The summed E-state index contributed by atoms with van der Waals surface area (Å²) in [4.78, 5) is 7.57. The van der Waals surface area contributed by atoms with Crippen molar-refractivity contribution < 1.29 is 31.4 Å². The minimum Gasteiger partial charge on any atom is -0.471 e. The van der Waals surface area contributed by atoms with Gasteiger partial charge in [0.1, 0.15) is 11.7 Å². The van der Waals surface area contributed by atoms with Crippen LogP contribution in [-0.2, 0) is 16.2 Å². The molecule has 31 heavy (non-hydrogen) atoms. The maximum Gasteiger partial charge on any atom is 0.423 e. The molecule has 2 aromatic rings. The van der Waals surface area contributed by atoms with Crippen molar-refractivity contribution >= 4 is 21.7 Å². The zero-order valence-corrected chi connectivity index (χ0v) is 17.7. The summed E-state index contributed by atoms with van der Waals surface area (Å²) < 4.78 is 72.1. The van der Waals surface area contributed by atoms with Gasteiger partial charge in [-0.3, -0.25) is 0 Å². The number of anilines is 2. The van der Waals surface area contributed by atoms with E-state index in [0.29, 0.717) is 31.1 Å². The number of aliphatic hydroxyl groups is 1. The molecule has 0 unspecified atom stereocenters. The maximum absolute atomic E-state index is 13.3. The van der Waals surface area contributed by atoms with Gasteiger partial charge in [0.2, 0.25) is 21.9 Å². The van der Waals surface area contributed by atoms with Crippen molar-refractivity contribution in [3.05, 3.63) is 36.0 Å². The molecule has 1 aliphatic carbocycles. The molecule has 1 heterocycles. The Kier molecular flexibility index (Phi) is 6.72. The van der Waals surface area contributed by atoms with Crippen LogP contribution >= 0.6 is 0 Å². The number of ether oxygens (including phenoxy) is 1. The number of rotatable bonds is 7. The van der Waals surface area contributed by atoms with E-state index in [4.69, 9.17) is 4.74 Å². The summed E-state index contributed by atoms with van der Waals surface area (Å²) in [6.07, 6.45) is -4.24. The largest absolute Gasteiger partial charge is 0.471 e. The molecular formula is C19H23F3N4O4S. The summed E-state index contributed by atoms with van der Waals surface area (Å²) in [6.45, 7) is 3.39. The Morgan fingerprint density at radius 3 is 2.42 bits per heavy atom. The SMILES string of the molecule is CC(C)NS(=O)(=O)c1ccc(Nc2ncc(C(F)(F)F)c(O[C@H]3CCC[C@H]3O)n2)cc1. The van der Waals surface area contributed by atoms with Gasteiger partial charge >= 0.3 is 6.18 Å². The summed E-state index contributed by atoms with van der Waals surface area (Å²) in [7, 11) is -3.67. The third-order valence-corrected chi connectivity index (χ3v) is 6.23. The van der Waals surface area contributed by atoms with Crippen molar-refractivity contribution in [2.24, 2.45) is 0 Å². The molecule has 170 valence electrons. The lowest BCUT2D eigenvalue weighted by atomic mass is 10.2. The van der Waals surface area contributed by atoms with Crippen LogP contribution in [0, 0.1) is 0 Å². The van der Waals surface area contributed by atoms with Gasteiger partial charge in [0.25, 0.3) is 0 Å². The fourth-order valence-corrected chi connectivity index (χ4v) is 4.37. The van der Waals surface area contributed by atoms with E-state index in [0.717, 1.165) is 0 Å². The highest BCUT2D eigenvalue weighted by atomic mass is 32.2. The van der Waals surface area contributed by atoms with Crippen molar-refractivity contribution in [2.75, 3.05) is 5.32 Å². The van der Waals surface area contributed by atoms with Crippen LogP contribution < -0.4 is 14.8 Å². The summed E-state index contributed by atoms with van der Waals surface area (Å²) in [6, 6.07) is 5.31. The molecule has 1 saturated carbocycles. The molecule has 0 amide bonds. The summed E-state index contributed by atoms with van der Waals surface area (Å²) in [5, 5.41) is 12.6. The maximum atomic E-state index is 13.3. The van der Waals surface area contributed by atoms with E-state index in [1.807, 2.05) is 0 Å². The van der Waals surface area contributed by atoms with Crippen molar-refractivity contribution in [3.63, 3.8) is 0 Å². The fraction of sp³-hybridized carbons (Fsp3) is 0.474. The van der Waals surface area contributed by atoms with Gasteiger partial charge in [-0.25, -0.2) is 18.1 Å². The molecule has 12 heteroatoms. The van der Waals surface area contributed by atoms with Gasteiger partial charge in [0.15, 0.2) is 0 Å². The topological polar surface area (TPSA) is 113 Å². The first-order valence-corrected chi connectivity index (χ1v) is 11.1. The molecule has 3 N–H and O–H groups in total. The monoisotopic (exact) mass is 460 g/mol. The van der Waals surface area contributed by atoms with E-state index in [2.05, 4.69) is 20.0 Å². The van der Waals surface area contributed by atoms with E-state index >= 15 is 0 Å². The van der Waals surface area contributed by atoms with Crippen LogP contribution in [0.3, 0.4) is 0 Å². The molecule has 3 rings (SSSR count). The molecule has 0 aliphatic heterocycles. The Hall–Kier alpha value is -2.44. The lowest BCUT2D eigenvalue weighted by Crippen LogP contribution is -2.30. The van der Waals surface area contributed by atoms with Crippen LogP contribution in [0.15, 0.2) is 35.4 Å². The van der Waals surface area contributed by atoms with Crippen LogP contribution in [0.2, 0.25) is 0 Å². The molecule has 8 nitrogen and oxygen atoms in total. The van der Waals surface area contributed by atoms with Gasteiger partial charge in [-0.1, -0.05) is 0 Å². The molecule has 1 aromatic heterocycles. The van der Waals surface area contributed by atoms with Crippen molar-refractivity contribution in [2.45, 2.75) is 62.4 Å². The van der Waals surface area contributed by atoms with E-state index < -0.39 is 39.9 Å². The van der Waals surface area contributed by atoms with Crippen molar-refractivity contribution in [3.8, 4) is 5.88 Å². The number of nitrogens with one attached hydrogen (secondary N) is 2. The molecule has 1 aromatic carbocycles. The van der Waals surface area contributed by atoms with E-state index in [-0.39, 0.29) is 16.9 Å². The molecule has 1 aliphatic rings. The second-order valence-electron chi connectivity index (χ2n) is 7.49. The third-order valence-electron chi connectivity index (χ3n) is 4.55. The molecule has 0 radical (unpaired) electrons. The molecular weight excluding hydrogens is 437 g/mol. The van der Waals surface area contributed by atoms with Gasteiger partial charge in [0.05, 0.1) is 11.0 Å². The van der Waals surface area contributed by atoms with Gasteiger partial charge in [-0.05, 0) is 57.4 Å². The van der Waals surface area contributed by atoms with Gasteiger partial charge in [-0.15, -0.1) is 0 Å². The number of aromatic nitrogens is 2. The average Bonchev–Trinajstić information content (AvgIpc) is 3.05. The number of sulfonamides is 1. The predicted molar refractivity (Wildman–Crippen MR) is 106 cm³/mol. The fourth-order valence-electron chi connectivity index (χ4n) is 3.12. The number of hydrogen-bond donors (Lipinski definition) is 3. The smallest absolute Gasteiger partial charge is 0.423 e. The van der Waals surface area contributed by atoms with Gasteiger partial charge in [-0.2, -0.15) is 18.2 Å². The first kappa shape index (κ1) is 23.2. The summed E-state index contributed by atoms with van der Waals surface area (Å²) >= 11 is 0. The highest BCUT2D eigenvalue weighted by Crippen LogP contribution is 2.37. The van der Waals surface area contributed by atoms with E-state index in [1.54, 1.807) is 13.8 Å². The molecule has 0 spiro atoms. The van der Waals surface area contributed by atoms with Gasteiger partial charge in [0, 0.05) is 17.9 Å². The van der Waals surface area contributed by atoms with Crippen LogP contribution in [0.5, 0.6) is 5.88 Å². The van der Waals surface area contributed by atoms with Crippen LogP contribution in [0.25, 0.3) is 0 Å².